The lowest BCUT2D eigenvalue weighted by Gasteiger charge is -2.01. The van der Waals surface area contributed by atoms with Crippen molar-refractivity contribution in [3.63, 3.8) is 0 Å². The minimum Gasteiger partial charge on any atom is -0.467 e. The summed E-state index contributed by atoms with van der Waals surface area (Å²) in [5.74, 6) is 0.829. The number of amides is 1. The molecule has 7 nitrogen and oxygen atoms in total. The van der Waals surface area contributed by atoms with Gasteiger partial charge in [-0.1, -0.05) is 5.16 Å². The van der Waals surface area contributed by atoms with Crippen LogP contribution in [-0.4, -0.2) is 22.6 Å². The Bertz CT molecular complexity index is 543. The Labute approximate surface area is 109 Å². The summed E-state index contributed by atoms with van der Waals surface area (Å²) in [6.07, 6.45) is 3.59. The van der Waals surface area contributed by atoms with Crippen LogP contribution in [0.2, 0.25) is 0 Å². The van der Waals surface area contributed by atoms with E-state index in [1.54, 1.807) is 18.4 Å². The van der Waals surface area contributed by atoms with Crippen molar-refractivity contribution in [2.75, 3.05) is 6.54 Å². The van der Waals surface area contributed by atoms with E-state index in [1.165, 1.54) is 0 Å². The predicted octanol–water partition coefficient (Wildman–Crippen LogP) is 1.02. The zero-order valence-electron chi connectivity index (χ0n) is 10.3. The highest BCUT2D eigenvalue weighted by molar-refractivity contribution is 5.90. The highest BCUT2D eigenvalue weighted by Gasteiger charge is 2.24. The molecule has 1 unspecified atom stereocenters. The lowest BCUT2D eigenvalue weighted by atomic mass is 10.2. The van der Waals surface area contributed by atoms with Crippen LogP contribution in [0.4, 0.5) is 0 Å². The van der Waals surface area contributed by atoms with Crippen LogP contribution >= 0.6 is 0 Å². The Morgan fingerprint density at radius 2 is 2.53 bits per heavy atom. The number of carbonyl (C=O) groups excluding carboxylic acids is 1. The van der Waals surface area contributed by atoms with E-state index in [9.17, 15) is 4.79 Å². The number of furan rings is 1. The van der Waals surface area contributed by atoms with Gasteiger partial charge in [-0.3, -0.25) is 4.79 Å². The third-order valence-electron chi connectivity index (χ3n) is 3.01. The quantitative estimate of drug-likeness (QED) is 0.854. The van der Waals surface area contributed by atoms with Gasteiger partial charge in [0, 0.05) is 0 Å². The highest BCUT2D eigenvalue weighted by atomic mass is 16.5. The number of rotatable bonds is 4. The smallest absolute Gasteiger partial charge is 0.293 e. The molecule has 0 radical (unpaired) electrons. The molecule has 3 heterocycles. The van der Waals surface area contributed by atoms with Gasteiger partial charge < -0.3 is 19.6 Å². The van der Waals surface area contributed by atoms with E-state index in [2.05, 4.69) is 20.8 Å². The predicted molar refractivity (Wildman–Crippen MR) is 64.2 cm³/mol. The van der Waals surface area contributed by atoms with Gasteiger partial charge in [-0.25, -0.2) is 0 Å². The van der Waals surface area contributed by atoms with Gasteiger partial charge in [-0.05, 0) is 31.5 Å². The van der Waals surface area contributed by atoms with E-state index < -0.39 is 0 Å². The molecule has 3 rings (SSSR count). The van der Waals surface area contributed by atoms with Crippen molar-refractivity contribution in [3.05, 3.63) is 35.9 Å². The molecule has 1 amide bonds. The first kappa shape index (κ1) is 11.9. The average molecular weight is 262 g/mol. The van der Waals surface area contributed by atoms with Crippen LogP contribution in [0.15, 0.2) is 27.3 Å². The lowest BCUT2D eigenvalue weighted by molar-refractivity contribution is 0.0934. The van der Waals surface area contributed by atoms with Gasteiger partial charge in [-0.2, -0.15) is 4.98 Å². The second-order valence-corrected chi connectivity index (χ2v) is 4.37. The largest absolute Gasteiger partial charge is 0.467 e. The first-order chi connectivity index (χ1) is 9.33. The molecule has 7 heteroatoms. The number of aromatic nitrogens is 2. The molecule has 19 heavy (non-hydrogen) atoms. The molecule has 0 spiro atoms. The molecule has 1 fully saturated rings. The third-order valence-corrected chi connectivity index (χ3v) is 3.01. The fourth-order valence-corrected chi connectivity index (χ4v) is 2.02. The monoisotopic (exact) mass is 262 g/mol. The summed E-state index contributed by atoms with van der Waals surface area (Å²) in [5, 5.41) is 9.60. The van der Waals surface area contributed by atoms with Crippen LogP contribution in [0.5, 0.6) is 0 Å². The molecule has 1 aliphatic rings. The van der Waals surface area contributed by atoms with Crippen molar-refractivity contribution < 1.29 is 13.7 Å². The van der Waals surface area contributed by atoms with Crippen molar-refractivity contribution in [1.29, 1.82) is 0 Å². The SMILES string of the molecule is O=C(NCc1ccco1)c1noc(C2CCCN2)n1. The number of hydrogen-bond acceptors (Lipinski definition) is 6. The van der Waals surface area contributed by atoms with Gasteiger partial charge in [0.1, 0.15) is 5.76 Å². The van der Waals surface area contributed by atoms with E-state index >= 15 is 0 Å². The molecule has 0 aromatic carbocycles. The topological polar surface area (TPSA) is 93.2 Å². The van der Waals surface area contributed by atoms with Gasteiger partial charge in [0.05, 0.1) is 18.8 Å². The average Bonchev–Trinajstić information content (AvgIpc) is 3.14. The summed E-state index contributed by atoms with van der Waals surface area (Å²) < 4.78 is 10.2. The van der Waals surface area contributed by atoms with Crippen molar-refractivity contribution in [1.82, 2.24) is 20.8 Å². The maximum Gasteiger partial charge on any atom is 0.293 e. The molecule has 1 atom stereocenters. The van der Waals surface area contributed by atoms with Gasteiger partial charge in [-0.15, -0.1) is 0 Å². The van der Waals surface area contributed by atoms with Crippen LogP contribution in [0.3, 0.4) is 0 Å². The summed E-state index contributed by atoms with van der Waals surface area (Å²) in [4.78, 5) is 15.9. The fourth-order valence-electron chi connectivity index (χ4n) is 2.02. The van der Waals surface area contributed by atoms with Crippen molar-refractivity contribution in [3.8, 4) is 0 Å². The molecule has 0 bridgehead atoms. The summed E-state index contributed by atoms with van der Waals surface area (Å²) >= 11 is 0. The van der Waals surface area contributed by atoms with Crippen LogP contribution in [0.1, 0.15) is 41.2 Å². The molecule has 2 N–H and O–H groups in total. The summed E-state index contributed by atoms with van der Waals surface area (Å²) in [6, 6.07) is 3.61. The summed E-state index contributed by atoms with van der Waals surface area (Å²) in [6.45, 7) is 1.24. The van der Waals surface area contributed by atoms with E-state index in [4.69, 9.17) is 8.94 Å². The number of nitrogens with one attached hydrogen (secondary N) is 2. The van der Waals surface area contributed by atoms with Crippen molar-refractivity contribution in [2.45, 2.75) is 25.4 Å². The summed E-state index contributed by atoms with van der Waals surface area (Å²) in [5.41, 5.74) is 0. The van der Waals surface area contributed by atoms with Crippen molar-refractivity contribution >= 4 is 5.91 Å². The molecule has 0 aliphatic carbocycles. The molecule has 2 aromatic heterocycles. The Balaban J connectivity index is 1.60. The Morgan fingerprint density at radius 1 is 1.58 bits per heavy atom. The maximum atomic E-state index is 11.8. The Kier molecular flexibility index (Phi) is 3.28. The molecule has 1 aliphatic heterocycles. The van der Waals surface area contributed by atoms with Crippen molar-refractivity contribution in [2.24, 2.45) is 0 Å². The van der Waals surface area contributed by atoms with E-state index in [-0.39, 0.29) is 17.8 Å². The lowest BCUT2D eigenvalue weighted by Crippen LogP contribution is -2.24. The number of carbonyl (C=O) groups is 1. The molecule has 1 saturated heterocycles. The number of hydrogen-bond donors (Lipinski definition) is 2. The number of nitrogens with zero attached hydrogens (tertiary/aromatic N) is 2. The first-order valence-electron chi connectivity index (χ1n) is 6.20. The third kappa shape index (κ3) is 2.65. The Hall–Kier alpha value is -2.15. The van der Waals surface area contributed by atoms with Crippen LogP contribution in [0, 0.1) is 0 Å². The van der Waals surface area contributed by atoms with Gasteiger partial charge in [0.15, 0.2) is 0 Å². The minimum atomic E-state index is -0.371. The van der Waals surface area contributed by atoms with Crippen LogP contribution < -0.4 is 10.6 Å². The first-order valence-corrected chi connectivity index (χ1v) is 6.20. The van der Waals surface area contributed by atoms with Gasteiger partial charge in [0.25, 0.3) is 11.7 Å². The van der Waals surface area contributed by atoms with E-state index in [1.807, 2.05) is 0 Å². The molecule has 0 saturated carbocycles. The zero-order valence-corrected chi connectivity index (χ0v) is 10.3. The Morgan fingerprint density at radius 3 is 3.26 bits per heavy atom. The van der Waals surface area contributed by atoms with E-state index in [0.29, 0.717) is 18.2 Å². The molecular weight excluding hydrogens is 248 g/mol. The zero-order chi connectivity index (χ0) is 13.1. The second kappa shape index (κ2) is 5.23. The van der Waals surface area contributed by atoms with Crippen LogP contribution in [-0.2, 0) is 6.54 Å². The minimum absolute atomic E-state index is 0.0512. The molecule has 100 valence electrons. The van der Waals surface area contributed by atoms with Crippen LogP contribution in [0.25, 0.3) is 0 Å². The van der Waals surface area contributed by atoms with Gasteiger partial charge in [0.2, 0.25) is 5.89 Å². The van der Waals surface area contributed by atoms with E-state index in [0.717, 1.165) is 19.4 Å². The summed E-state index contributed by atoms with van der Waals surface area (Å²) in [7, 11) is 0. The standard InChI is InChI=1S/C12H14N4O3/c17-11(14-7-8-3-2-6-18-8)10-15-12(19-16-10)9-4-1-5-13-9/h2-3,6,9,13H,1,4-5,7H2,(H,14,17). The maximum absolute atomic E-state index is 11.8. The molecular formula is C12H14N4O3. The highest BCUT2D eigenvalue weighted by Crippen LogP contribution is 2.20. The normalized spacial score (nSPS) is 18.6. The van der Waals surface area contributed by atoms with Gasteiger partial charge >= 0.3 is 0 Å². The second-order valence-electron chi connectivity index (χ2n) is 4.37. The molecule has 2 aromatic rings. The fraction of sp³-hybridized carbons (Fsp3) is 0.417.